The summed E-state index contributed by atoms with van der Waals surface area (Å²) in [6.45, 7) is 7.82. The van der Waals surface area contributed by atoms with E-state index in [0.29, 0.717) is 44.3 Å². The van der Waals surface area contributed by atoms with E-state index in [-0.39, 0.29) is 30.2 Å². The largest absolute Gasteiger partial charge is 0.486 e. The molecule has 3 heterocycles. The maximum Gasteiger partial charge on any atom is 0.228 e. The normalized spacial score (nSPS) is 22.9. The molecule has 0 unspecified atom stereocenters. The predicted octanol–water partition coefficient (Wildman–Crippen LogP) is 2.86. The van der Waals surface area contributed by atoms with Gasteiger partial charge in [-0.1, -0.05) is 12.1 Å². The molecule has 32 heavy (non-hydrogen) atoms. The van der Waals surface area contributed by atoms with Gasteiger partial charge in [0.2, 0.25) is 11.8 Å². The number of anilines is 2. The molecule has 2 aromatic rings. The molecule has 3 aliphatic rings. The molecule has 168 valence electrons. The van der Waals surface area contributed by atoms with Gasteiger partial charge in [-0.25, -0.2) is 0 Å². The number of ether oxygens (including phenoxy) is 2. The molecule has 0 aliphatic carbocycles. The number of nitrogens with zero attached hydrogens (tertiary/aromatic N) is 3. The number of fused-ring (bicyclic) bond motifs is 1. The molecule has 0 saturated carbocycles. The second-order valence-electron chi connectivity index (χ2n) is 8.90. The van der Waals surface area contributed by atoms with Crippen LogP contribution < -0.4 is 19.3 Å². The molecule has 2 amide bonds. The molecule has 0 N–H and O–H groups in total. The van der Waals surface area contributed by atoms with E-state index in [1.54, 1.807) is 4.90 Å². The molecule has 7 heteroatoms. The van der Waals surface area contributed by atoms with Gasteiger partial charge in [-0.3, -0.25) is 9.59 Å². The first-order chi connectivity index (χ1) is 15.5. The van der Waals surface area contributed by atoms with Gasteiger partial charge in [0, 0.05) is 56.1 Å². The van der Waals surface area contributed by atoms with Crippen LogP contribution >= 0.6 is 0 Å². The van der Waals surface area contributed by atoms with Gasteiger partial charge in [0.1, 0.15) is 13.2 Å². The second kappa shape index (κ2) is 8.37. The third kappa shape index (κ3) is 3.87. The van der Waals surface area contributed by atoms with Crippen LogP contribution in [0.15, 0.2) is 42.5 Å². The average Bonchev–Trinajstić information content (AvgIpc) is 3.19. The van der Waals surface area contributed by atoms with Gasteiger partial charge in [-0.15, -0.1) is 0 Å². The van der Waals surface area contributed by atoms with E-state index >= 15 is 0 Å². The minimum absolute atomic E-state index is 0.0218. The topological polar surface area (TPSA) is 62.3 Å². The van der Waals surface area contributed by atoms with Crippen LogP contribution in [0, 0.1) is 12.8 Å². The molecule has 7 nitrogen and oxygen atoms in total. The highest BCUT2D eigenvalue weighted by Gasteiger charge is 2.39. The molecular formula is C25H29N3O4. The third-order valence-electron chi connectivity index (χ3n) is 6.58. The van der Waals surface area contributed by atoms with E-state index in [1.807, 2.05) is 23.1 Å². The van der Waals surface area contributed by atoms with E-state index in [2.05, 4.69) is 43.0 Å². The summed E-state index contributed by atoms with van der Waals surface area (Å²) in [6, 6.07) is 14.2. The van der Waals surface area contributed by atoms with Crippen LogP contribution in [-0.4, -0.2) is 62.1 Å². The lowest BCUT2D eigenvalue weighted by atomic mass is 10.0. The van der Waals surface area contributed by atoms with Crippen molar-refractivity contribution in [2.24, 2.45) is 5.92 Å². The lowest BCUT2D eigenvalue weighted by Crippen LogP contribution is -2.55. The number of benzene rings is 2. The molecule has 0 spiro atoms. The van der Waals surface area contributed by atoms with Gasteiger partial charge in [0.25, 0.3) is 0 Å². The zero-order valence-corrected chi connectivity index (χ0v) is 18.6. The summed E-state index contributed by atoms with van der Waals surface area (Å²) < 4.78 is 11.2. The highest BCUT2D eigenvalue weighted by molar-refractivity contribution is 6.00. The van der Waals surface area contributed by atoms with Crippen molar-refractivity contribution in [1.82, 2.24) is 4.90 Å². The first kappa shape index (κ1) is 20.7. The van der Waals surface area contributed by atoms with Crippen LogP contribution in [0.3, 0.4) is 0 Å². The predicted molar refractivity (Wildman–Crippen MR) is 122 cm³/mol. The third-order valence-corrected chi connectivity index (χ3v) is 6.58. The van der Waals surface area contributed by atoms with Crippen LogP contribution in [0.5, 0.6) is 11.5 Å². The minimum Gasteiger partial charge on any atom is -0.486 e. The first-order valence-corrected chi connectivity index (χ1v) is 11.3. The van der Waals surface area contributed by atoms with Crippen LogP contribution in [0.25, 0.3) is 0 Å². The Bertz CT molecular complexity index is 1040. The second-order valence-corrected chi connectivity index (χ2v) is 8.90. The number of piperazine rings is 1. The smallest absolute Gasteiger partial charge is 0.228 e. The Hall–Kier alpha value is -3.22. The molecule has 2 atom stereocenters. The monoisotopic (exact) mass is 435 g/mol. The lowest BCUT2D eigenvalue weighted by Gasteiger charge is -2.42. The van der Waals surface area contributed by atoms with Crippen molar-refractivity contribution in [3.8, 4) is 11.5 Å². The Balaban J connectivity index is 1.24. The molecular weight excluding hydrogens is 406 g/mol. The Kier molecular flexibility index (Phi) is 5.41. The van der Waals surface area contributed by atoms with E-state index < -0.39 is 0 Å². The fourth-order valence-corrected chi connectivity index (χ4v) is 4.93. The fourth-order valence-electron chi connectivity index (χ4n) is 4.93. The Morgan fingerprint density at radius 2 is 1.78 bits per heavy atom. The molecule has 5 rings (SSSR count). The number of hydrogen-bond donors (Lipinski definition) is 0. The number of carbonyl (C=O) groups excluding carboxylic acids is 2. The van der Waals surface area contributed by atoms with Crippen LogP contribution in [0.4, 0.5) is 11.4 Å². The van der Waals surface area contributed by atoms with Crippen LogP contribution in [0.2, 0.25) is 0 Å². The summed E-state index contributed by atoms with van der Waals surface area (Å²) in [6.07, 6.45) is 0.250. The van der Waals surface area contributed by atoms with Gasteiger partial charge in [0.05, 0.1) is 5.92 Å². The number of aryl methyl sites for hydroxylation is 1. The number of rotatable bonds is 3. The fraction of sp³-hybridized carbons (Fsp3) is 0.440. The summed E-state index contributed by atoms with van der Waals surface area (Å²) in [5, 5.41) is 0. The van der Waals surface area contributed by atoms with Crippen molar-refractivity contribution < 1.29 is 19.1 Å². The van der Waals surface area contributed by atoms with Crippen molar-refractivity contribution in [1.29, 1.82) is 0 Å². The SMILES string of the molecule is Cc1cccc(N2CCN(C(=O)[C@@H]3CC(=O)N(c4ccc5c(c4)OCCO5)C3)C[C@H]2C)c1. The molecule has 0 aromatic heterocycles. The average molecular weight is 436 g/mol. The first-order valence-electron chi connectivity index (χ1n) is 11.3. The zero-order valence-electron chi connectivity index (χ0n) is 18.6. The molecule has 2 aromatic carbocycles. The number of amides is 2. The Morgan fingerprint density at radius 3 is 2.56 bits per heavy atom. The summed E-state index contributed by atoms with van der Waals surface area (Å²) in [4.78, 5) is 32.0. The highest BCUT2D eigenvalue weighted by Crippen LogP contribution is 2.36. The van der Waals surface area contributed by atoms with Crippen LogP contribution in [0.1, 0.15) is 18.9 Å². The van der Waals surface area contributed by atoms with Gasteiger partial charge in [0.15, 0.2) is 11.5 Å². The Morgan fingerprint density at radius 1 is 0.969 bits per heavy atom. The number of carbonyl (C=O) groups is 2. The maximum atomic E-state index is 13.3. The van der Waals surface area contributed by atoms with Crippen molar-refractivity contribution in [3.05, 3.63) is 48.0 Å². The highest BCUT2D eigenvalue weighted by atomic mass is 16.6. The quantitative estimate of drug-likeness (QED) is 0.742. The maximum absolute atomic E-state index is 13.3. The minimum atomic E-state index is -0.312. The van der Waals surface area contributed by atoms with Gasteiger partial charge in [-0.05, 0) is 43.7 Å². The van der Waals surface area contributed by atoms with E-state index in [9.17, 15) is 9.59 Å². The van der Waals surface area contributed by atoms with Gasteiger partial charge >= 0.3 is 0 Å². The number of hydrogen-bond acceptors (Lipinski definition) is 5. The summed E-state index contributed by atoms with van der Waals surface area (Å²) in [7, 11) is 0. The van der Waals surface area contributed by atoms with E-state index in [0.717, 1.165) is 12.2 Å². The lowest BCUT2D eigenvalue weighted by molar-refractivity contribution is -0.136. The summed E-state index contributed by atoms with van der Waals surface area (Å²) in [5.41, 5.74) is 3.19. The van der Waals surface area contributed by atoms with Crippen LogP contribution in [-0.2, 0) is 9.59 Å². The molecule has 0 bridgehead atoms. The standard InChI is InChI=1S/C25H29N3O4/c1-17-4-3-5-20(12-17)27-9-8-26(15-18(27)2)25(30)19-13-24(29)28(16-19)21-6-7-22-23(14-21)32-11-10-31-22/h3-7,12,14,18-19H,8-11,13,15-16H2,1-2H3/t18-,19-/m1/s1. The summed E-state index contributed by atoms with van der Waals surface area (Å²) in [5.74, 6) is 1.09. The van der Waals surface area contributed by atoms with Crippen molar-refractivity contribution >= 4 is 23.2 Å². The van der Waals surface area contributed by atoms with Crippen molar-refractivity contribution in [3.63, 3.8) is 0 Å². The molecule has 3 aliphatic heterocycles. The molecule has 2 saturated heterocycles. The molecule has 2 fully saturated rings. The van der Waals surface area contributed by atoms with Crippen molar-refractivity contribution in [2.45, 2.75) is 26.3 Å². The van der Waals surface area contributed by atoms with E-state index in [1.165, 1.54) is 11.3 Å². The molecule has 0 radical (unpaired) electrons. The Labute approximate surface area is 188 Å². The van der Waals surface area contributed by atoms with Gasteiger partial charge < -0.3 is 24.2 Å². The zero-order chi connectivity index (χ0) is 22.2. The van der Waals surface area contributed by atoms with E-state index in [4.69, 9.17) is 9.47 Å². The summed E-state index contributed by atoms with van der Waals surface area (Å²) >= 11 is 0. The van der Waals surface area contributed by atoms with Crippen molar-refractivity contribution in [2.75, 3.05) is 49.2 Å². The van der Waals surface area contributed by atoms with Gasteiger partial charge in [-0.2, -0.15) is 0 Å².